The number of nitrogens with zero attached hydrogens (tertiary/aromatic N) is 1. The third-order valence-electron chi connectivity index (χ3n) is 4.25. The summed E-state index contributed by atoms with van der Waals surface area (Å²) in [7, 11) is 0. The maximum Gasteiger partial charge on any atom is 0.338 e. The molecule has 0 spiro atoms. The Morgan fingerprint density at radius 3 is 2.61 bits per heavy atom. The van der Waals surface area contributed by atoms with Crippen molar-refractivity contribution < 1.29 is 23.9 Å². The molecule has 1 fully saturated rings. The van der Waals surface area contributed by atoms with Crippen molar-refractivity contribution >= 4 is 29.2 Å². The van der Waals surface area contributed by atoms with Gasteiger partial charge in [-0.15, -0.1) is 0 Å². The predicted octanol–water partition coefficient (Wildman–Crippen LogP) is 3.01. The molecular weight excluding hydrogens is 360 g/mol. The highest BCUT2D eigenvalue weighted by molar-refractivity contribution is 5.98. The van der Waals surface area contributed by atoms with Crippen LogP contribution in [-0.2, 0) is 14.3 Å². The summed E-state index contributed by atoms with van der Waals surface area (Å²) in [6.45, 7) is 2.69. The number of carbonyl (C=O) groups excluding carboxylic acids is 3. The lowest BCUT2D eigenvalue weighted by atomic mass is 10.2. The lowest BCUT2D eigenvalue weighted by molar-refractivity contribution is -0.119. The van der Waals surface area contributed by atoms with Gasteiger partial charge in [-0.25, -0.2) is 4.79 Å². The third kappa shape index (κ3) is 4.88. The average molecular weight is 382 g/mol. The summed E-state index contributed by atoms with van der Waals surface area (Å²) in [4.78, 5) is 37.7. The van der Waals surface area contributed by atoms with Crippen molar-refractivity contribution in [2.45, 2.75) is 19.8 Å². The Morgan fingerprint density at radius 2 is 1.93 bits per heavy atom. The van der Waals surface area contributed by atoms with E-state index in [4.69, 9.17) is 9.47 Å². The predicted molar refractivity (Wildman–Crippen MR) is 105 cm³/mol. The van der Waals surface area contributed by atoms with E-state index in [2.05, 4.69) is 5.32 Å². The van der Waals surface area contributed by atoms with Gasteiger partial charge in [0.2, 0.25) is 5.91 Å². The molecule has 0 radical (unpaired) electrons. The molecule has 7 heteroatoms. The fourth-order valence-corrected chi connectivity index (χ4v) is 2.93. The van der Waals surface area contributed by atoms with Crippen LogP contribution < -0.4 is 15.0 Å². The highest BCUT2D eigenvalue weighted by Gasteiger charge is 2.22. The Hall–Kier alpha value is -3.35. The summed E-state index contributed by atoms with van der Waals surface area (Å²) in [5, 5.41) is 2.66. The highest BCUT2D eigenvalue weighted by Crippen LogP contribution is 2.22. The van der Waals surface area contributed by atoms with Crippen molar-refractivity contribution in [1.29, 1.82) is 0 Å². The zero-order valence-electron chi connectivity index (χ0n) is 15.6. The van der Waals surface area contributed by atoms with Gasteiger partial charge in [0.25, 0.3) is 5.91 Å². The van der Waals surface area contributed by atoms with Crippen LogP contribution in [0.15, 0.2) is 48.5 Å². The summed E-state index contributed by atoms with van der Waals surface area (Å²) >= 11 is 0. The standard InChI is InChI=1S/C21H22N2O5/c1-2-27-18-10-8-16(9-11-18)22-19(24)14-28-21(26)15-5-3-6-17(13-15)23-12-4-7-20(23)25/h3,5-6,8-11,13H,2,4,7,12,14H2,1H3,(H,22,24). The second kappa shape index (κ2) is 9.03. The average Bonchev–Trinajstić information content (AvgIpc) is 3.14. The molecule has 1 aliphatic rings. The van der Waals surface area contributed by atoms with Crippen molar-refractivity contribution in [2.24, 2.45) is 0 Å². The number of hydrogen-bond acceptors (Lipinski definition) is 5. The molecule has 2 amide bonds. The van der Waals surface area contributed by atoms with Crippen molar-refractivity contribution in [1.82, 2.24) is 0 Å². The van der Waals surface area contributed by atoms with Crippen LogP contribution in [-0.4, -0.2) is 37.5 Å². The van der Waals surface area contributed by atoms with E-state index in [1.54, 1.807) is 53.4 Å². The first-order valence-corrected chi connectivity index (χ1v) is 9.17. The van der Waals surface area contributed by atoms with E-state index in [1.165, 1.54) is 0 Å². The molecule has 2 aromatic carbocycles. The summed E-state index contributed by atoms with van der Waals surface area (Å²) < 4.78 is 10.4. The molecule has 1 heterocycles. The van der Waals surface area contributed by atoms with E-state index < -0.39 is 18.5 Å². The minimum Gasteiger partial charge on any atom is -0.494 e. The van der Waals surface area contributed by atoms with E-state index in [9.17, 15) is 14.4 Å². The topological polar surface area (TPSA) is 84.9 Å². The van der Waals surface area contributed by atoms with Gasteiger partial charge in [-0.05, 0) is 55.8 Å². The lowest BCUT2D eigenvalue weighted by Crippen LogP contribution is -2.24. The highest BCUT2D eigenvalue weighted by atomic mass is 16.5. The summed E-state index contributed by atoms with van der Waals surface area (Å²) in [6, 6.07) is 13.6. The van der Waals surface area contributed by atoms with E-state index >= 15 is 0 Å². The Morgan fingerprint density at radius 1 is 1.14 bits per heavy atom. The Bertz CT molecular complexity index is 863. The number of esters is 1. The van der Waals surface area contributed by atoms with Gasteiger partial charge in [0.1, 0.15) is 5.75 Å². The third-order valence-corrected chi connectivity index (χ3v) is 4.25. The minimum absolute atomic E-state index is 0.0419. The molecule has 1 N–H and O–H groups in total. The van der Waals surface area contributed by atoms with Crippen LogP contribution in [0, 0.1) is 0 Å². The van der Waals surface area contributed by atoms with Crippen LogP contribution >= 0.6 is 0 Å². The van der Waals surface area contributed by atoms with Gasteiger partial charge in [-0.1, -0.05) is 6.07 Å². The lowest BCUT2D eigenvalue weighted by Gasteiger charge is -2.16. The number of amides is 2. The number of carbonyl (C=O) groups is 3. The van der Waals surface area contributed by atoms with Crippen molar-refractivity contribution in [3.63, 3.8) is 0 Å². The van der Waals surface area contributed by atoms with Crippen LogP contribution in [0.25, 0.3) is 0 Å². The number of hydrogen-bond donors (Lipinski definition) is 1. The zero-order chi connectivity index (χ0) is 19.9. The van der Waals surface area contributed by atoms with Crippen LogP contribution in [0.5, 0.6) is 5.75 Å². The monoisotopic (exact) mass is 382 g/mol. The van der Waals surface area contributed by atoms with Crippen LogP contribution in [0.4, 0.5) is 11.4 Å². The number of anilines is 2. The molecule has 2 aromatic rings. The van der Waals surface area contributed by atoms with E-state index in [0.29, 0.717) is 42.3 Å². The molecule has 0 atom stereocenters. The number of benzene rings is 2. The molecule has 1 aliphatic heterocycles. The van der Waals surface area contributed by atoms with Gasteiger partial charge in [0.05, 0.1) is 12.2 Å². The molecule has 0 unspecified atom stereocenters. The zero-order valence-corrected chi connectivity index (χ0v) is 15.6. The first-order chi connectivity index (χ1) is 13.6. The molecular formula is C21H22N2O5. The normalized spacial score (nSPS) is 13.3. The van der Waals surface area contributed by atoms with Gasteiger partial charge < -0.3 is 19.7 Å². The van der Waals surface area contributed by atoms with E-state index in [-0.39, 0.29) is 5.91 Å². The molecule has 0 aromatic heterocycles. The molecule has 0 aliphatic carbocycles. The van der Waals surface area contributed by atoms with Crippen LogP contribution in [0.3, 0.4) is 0 Å². The van der Waals surface area contributed by atoms with Crippen molar-refractivity contribution in [2.75, 3.05) is 30.0 Å². The fraction of sp³-hybridized carbons (Fsp3) is 0.286. The summed E-state index contributed by atoms with van der Waals surface area (Å²) in [6.07, 6.45) is 1.32. The van der Waals surface area contributed by atoms with Crippen LogP contribution in [0.2, 0.25) is 0 Å². The quantitative estimate of drug-likeness (QED) is 0.744. The van der Waals surface area contributed by atoms with Gasteiger partial charge in [-0.2, -0.15) is 0 Å². The number of nitrogens with one attached hydrogen (secondary N) is 1. The summed E-state index contributed by atoms with van der Waals surface area (Å²) in [5.74, 6) is -0.303. The first-order valence-electron chi connectivity index (χ1n) is 9.17. The minimum atomic E-state index is -0.615. The van der Waals surface area contributed by atoms with Crippen LogP contribution in [0.1, 0.15) is 30.1 Å². The molecule has 1 saturated heterocycles. The second-order valence-electron chi connectivity index (χ2n) is 6.28. The van der Waals surface area contributed by atoms with E-state index in [1.807, 2.05) is 6.92 Å². The first kappa shape index (κ1) is 19.4. The molecule has 0 saturated carbocycles. The van der Waals surface area contributed by atoms with Gasteiger partial charge in [0.15, 0.2) is 6.61 Å². The Kier molecular flexibility index (Phi) is 6.26. The number of ether oxygens (including phenoxy) is 2. The van der Waals surface area contributed by atoms with E-state index in [0.717, 1.165) is 6.42 Å². The molecule has 28 heavy (non-hydrogen) atoms. The maximum absolute atomic E-state index is 12.2. The Labute approximate surface area is 163 Å². The largest absolute Gasteiger partial charge is 0.494 e. The molecule has 146 valence electrons. The molecule has 3 rings (SSSR count). The summed E-state index contributed by atoms with van der Waals surface area (Å²) in [5.41, 5.74) is 1.54. The fourth-order valence-electron chi connectivity index (χ4n) is 2.93. The maximum atomic E-state index is 12.2. The smallest absolute Gasteiger partial charge is 0.338 e. The van der Waals surface area contributed by atoms with Gasteiger partial charge >= 0.3 is 5.97 Å². The van der Waals surface area contributed by atoms with Crippen molar-refractivity contribution in [3.8, 4) is 5.75 Å². The van der Waals surface area contributed by atoms with Gasteiger partial charge in [-0.3, -0.25) is 9.59 Å². The number of rotatable bonds is 7. The SMILES string of the molecule is CCOc1ccc(NC(=O)COC(=O)c2cccc(N3CCCC3=O)c2)cc1. The Balaban J connectivity index is 1.53. The molecule has 0 bridgehead atoms. The second-order valence-corrected chi connectivity index (χ2v) is 6.28. The van der Waals surface area contributed by atoms with Crippen molar-refractivity contribution in [3.05, 3.63) is 54.1 Å². The molecule has 7 nitrogen and oxygen atoms in total. The van der Waals surface area contributed by atoms with Gasteiger partial charge in [0, 0.05) is 24.3 Å².